The van der Waals surface area contributed by atoms with E-state index in [1.165, 1.54) is 12.8 Å². The summed E-state index contributed by atoms with van der Waals surface area (Å²) in [4.78, 5) is 0. The van der Waals surface area contributed by atoms with Gasteiger partial charge in [0.2, 0.25) is 0 Å². The Bertz CT molecular complexity index is 325. The summed E-state index contributed by atoms with van der Waals surface area (Å²) in [6.07, 6.45) is 2.49. The fourth-order valence-electron chi connectivity index (χ4n) is 1.37. The van der Waals surface area contributed by atoms with E-state index in [1.807, 2.05) is 18.2 Å². The first-order valence-corrected chi connectivity index (χ1v) is 5.54. The molecule has 1 aromatic carbocycles. The van der Waals surface area contributed by atoms with Crippen molar-refractivity contribution in [2.75, 3.05) is 0 Å². The molecule has 1 aliphatic carbocycles. The van der Waals surface area contributed by atoms with Gasteiger partial charge in [0.1, 0.15) is 0 Å². The lowest BCUT2D eigenvalue weighted by Crippen LogP contribution is -2.27. The van der Waals surface area contributed by atoms with E-state index >= 15 is 0 Å². The van der Waals surface area contributed by atoms with Crippen LogP contribution in [0.3, 0.4) is 0 Å². The van der Waals surface area contributed by atoms with E-state index in [4.69, 9.17) is 23.2 Å². The summed E-state index contributed by atoms with van der Waals surface area (Å²) in [5.74, 6) is 0. The third kappa shape index (κ3) is 2.22. The lowest BCUT2D eigenvalue weighted by molar-refractivity contribution is 0.538. The summed E-state index contributed by atoms with van der Waals surface area (Å²) in [6, 6.07) is 5.62. The Morgan fingerprint density at radius 3 is 2.36 bits per heavy atom. The van der Waals surface area contributed by atoms with Gasteiger partial charge in [-0.15, -0.1) is 0 Å². The molecule has 3 heteroatoms. The summed E-state index contributed by atoms with van der Waals surface area (Å²) < 4.78 is 0. The molecule has 1 saturated carbocycles. The molecule has 0 bridgehead atoms. The molecule has 0 atom stereocenters. The normalized spacial score (nSPS) is 18.2. The maximum absolute atomic E-state index is 6.05. The average molecular weight is 230 g/mol. The molecule has 1 aliphatic rings. The highest BCUT2D eigenvalue weighted by atomic mass is 35.5. The maximum Gasteiger partial charge on any atom is 0.0465 e. The Kier molecular flexibility index (Phi) is 2.74. The average Bonchev–Trinajstić information content (AvgIpc) is 2.83. The van der Waals surface area contributed by atoms with Crippen molar-refractivity contribution < 1.29 is 0 Å². The summed E-state index contributed by atoms with van der Waals surface area (Å²) in [7, 11) is 0. The first kappa shape index (κ1) is 10.3. The number of hydrogen-bond acceptors (Lipinski definition) is 1. The zero-order valence-corrected chi connectivity index (χ0v) is 9.62. The molecule has 2 rings (SSSR count). The van der Waals surface area contributed by atoms with Crippen LogP contribution in [0.15, 0.2) is 18.2 Å². The largest absolute Gasteiger partial charge is 0.307 e. The molecule has 0 amide bonds. The quantitative estimate of drug-likeness (QED) is 0.835. The van der Waals surface area contributed by atoms with E-state index in [0.717, 1.165) is 22.2 Å². The van der Waals surface area contributed by atoms with Crippen LogP contribution in [0.25, 0.3) is 0 Å². The summed E-state index contributed by atoms with van der Waals surface area (Å²) >= 11 is 12.1. The molecular weight excluding hydrogens is 217 g/mol. The minimum atomic E-state index is 0.322. The standard InChI is InChI=1S/C11H13Cl2N/c1-11(5-6-11)14-7-8-9(12)3-2-4-10(8)13/h2-4,14H,5-7H2,1H3. The molecule has 1 nitrogen and oxygen atoms in total. The number of rotatable bonds is 3. The van der Waals surface area contributed by atoms with Gasteiger partial charge < -0.3 is 5.32 Å². The monoisotopic (exact) mass is 229 g/mol. The number of halogens is 2. The van der Waals surface area contributed by atoms with Crippen molar-refractivity contribution in [1.29, 1.82) is 0 Å². The highest BCUT2D eigenvalue weighted by Gasteiger charge is 2.36. The molecule has 0 radical (unpaired) electrons. The minimum absolute atomic E-state index is 0.322. The van der Waals surface area contributed by atoms with E-state index < -0.39 is 0 Å². The van der Waals surface area contributed by atoms with Crippen LogP contribution in [0.2, 0.25) is 10.0 Å². The Labute approximate surface area is 94.4 Å². The van der Waals surface area contributed by atoms with Crippen molar-refractivity contribution in [3.05, 3.63) is 33.8 Å². The smallest absolute Gasteiger partial charge is 0.0465 e. The number of hydrogen-bond donors (Lipinski definition) is 1. The van der Waals surface area contributed by atoms with Gasteiger partial charge in [-0.25, -0.2) is 0 Å². The highest BCUT2D eigenvalue weighted by Crippen LogP contribution is 2.35. The van der Waals surface area contributed by atoms with Crippen molar-refractivity contribution in [1.82, 2.24) is 5.32 Å². The topological polar surface area (TPSA) is 12.0 Å². The summed E-state index contributed by atoms with van der Waals surface area (Å²) in [5, 5.41) is 4.95. The van der Waals surface area contributed by atoms with Gasteiger partial charge >= 0.3 is 0 Å². The van der Waals surface area contributed by atoms with Crippen LogP contribution in [0, 0.1) is 0 Å². The van der Waals surface area contributed by atoms with Gasteiger partial charge in [-0.1, -0.05) is 29.3 Å². The predicted molar refractivity (Wildman–Crippen MR) is 60.9 cm³/mol. The van der Waals surface area contributed by atoms with Crippen molar-refractivity contribution in [2.24, 2.45) is 0 Å². The third-order valence-electron chi connectivity index (χ3n) is 2.75. The molecule has 0 heterocycles. The van der Waals surface area contributed by atoms with Gasteiger partial charge in [-0.2, -0.15) is 0 Å². The van der Waals surface area contributed by atoms with Crippen LogP contribution in [-0.2, 0) is 6.54 Å². The van der Waals surface area contributed by atoms with Gasteiger partial charge in [0.15, 0.2) is 0 Å². The first-order valence-electron chi connectivity index (χ1n) is 4.79. The Morgan fingerprint density at radius 1 is 1.29 bits per heavy atom. The van der Waals surface area contributed by atoms with E-state index in [2.05, 4.69) is 12.2 Å². The lowest BCUT2D eigenvalue weighted by Gasteiger charge is -2.13. The molecule has 0 aromatic heterocycles. The van der Waals surface area contributed by atoms with Crippen LogP contribution in [-0.4, -0.2) is 5.54 Å². The highest BCUT2D eigenvalue weighted by molar-refractivity contribution is 6.35. The molecule has 76 valence electrons. The van der Waals surface area contributed by atoms with Crippen molar-refractivity contribution in [2.45, 2.75) is 31.8 Å². The van der Waals surface area contributed by atoms with Crippen LogP contribution < -0.4 is 5.32 Å². The molecular formula is C11H13Cl2N. The molecule has 0 saturated heterocycles. The van der Waals surface area contributed by atoms with Crippen LogP contribution in [0.5, 0.6) is 0 Å². The third-order valence-corrected chi connectivity index (χ3v) is 3.46. The molecule has 1 aromatic rings. The van der Waals surface area contributed by atoms with Crippen molar-refractivity contribution >= 4 is 23.2 Å². The Hall–Kier alpha value is -0.240. The maximum atomic E-state index is 6.05. The number of nitrogens with one attached hydrogen (secondary N) is 1. The molecule has 1 N–H and O–H groups in total. The van der Waals surface area contributed by atoms with E-state index in [-0.39, 0.29) is 0 Å². The second kappa shape index (κ2) is 3.73. The number of benzene rings is 1. The van der Waals surface area contributed by atoms with Gasteiger partial charge in [0.25, 0.3) is 0 Å². The molecule has 0 unspecified atom stereocenters. The SMILES string of the molecule is CC1(NCc2c(Cl)cccc2Cl)CC1. The lowest BCUT2D eigenvalue weighted by atomic mass is 10.2. The van der Waals surface area contributed by atoms with E-state index in [0.29, 0.717) is 5.54 Å². The predicted octanol–water partition coefficient (Wildman–Crippen LogP) is 3.64. The van der Waals surface area contributed by atoms with Gasteiger partial charge in [0, 0.05) is 27.7 Å². The van der Waals surface area contributed by atoms with Crippen LogP contribution >= 0.6 is 23.2 Å². The molecule has 0 aliphatic heterocycles. The zero-order valence-electron chi connectivity index (χ0n) is 8.11. The fraction of sp³-hybridized carbons (Fsp3) is 0.455. The van der Waals surface area contributed by atoms with Crippen LogP contribution in [0.1, 0.15) is 25.3 Å². The fourth-order valence-corrected chi connectivity index (χ4v) is 1.90. The van der Waals surface area contributed by atoms with Crippen molar-refractivity contribution in [3.63, 3.8) is 0 Å². The first-order chi connectivity index (χ1) is 6.61. The summed E-state index contributed by atoms with van der Waals surface area (Å²) in [6.45, 7) is 2.98. The van der Waals surface area contributed by atoms with Gasteiger partial charge in [-0.3, -0.25) is 0 Å². The molecule has 14 heavy (non-hydrogen) atoms. The molecule has 0 spiro atoms. The summed E-state index contributed by atoms with van der Waals surface area (Å²) in [5.41, 5.74) is 1.33. The minimum Gasteiger partial charge on any atom is -0.307 e. The Balaban J connectivity index is 2.08. The second-order valence-electron chi connectivity index (χ2n) is 4.11. The van der Waals surface area contributed by atoms with Gasteiger partial charge in [0.05, 0.1) is 0 Å². The van der Waals surface area contributed by atoms with Crippen molar-refractivity contribution in [3.8, 4) is 0 Å². The Morgan fingerprint density at radius 2 is 1.86 bits per heavy atom. The van der Waals surface area contributed by atoms with E-state index in [1.54, 1.807) is 0 Å². The van der Waals surface area contributed by atoms with Crippen LogP contribution in [0.4, 0.5) is 0 Å². The van der Waals surface area contributed by atoms with E-state index in [9.17, 15) is 0 Å². The zero-order chi connectivity index (χ0) is 10.2. The van der Waals surface area contributed by atoms with Gasteiger partial charge in [-0.05, 0) is 31.9 Å². The molecule has 1 fully saturated rings. The second-order valence-corrected chi connectivity index (χ2v) is 4.93.